The van der Waals surface area contributed by atoms with E-state index >= 15 is 0 Å². The molecule has 1 aromatic rings. The van der Waals surface area contributed by atoms with E-state index in [0.29, 0.717) is 0 Å². The van der Waals surface area contributed by atoms with Crippen LogP contribution in [0.25, 0.3) is 0 Å². The fourth-order valence-corrected chi connectivity index (χ4v) is 1.63. The van der Waals surface area contributed by atoms with Gasteiger partial charge in [-0.3, -0.25) is 5.32 Å². The van der Waals surface area contributed by atoms with Gasteiger partial charge in [0.25, 0.3) is 0 Å². The second kappa shape index (κ2) is 6.32. The highest BCUT2D eigenvalue weighted by atomic mass is 16.5. The molecule has 0 aliphatic heterocycles. The highest BCUT2D eigenvalue weighted by Crippen LogP contribution is 2.18. The Kier molecular flexibility index (Phi) is 5.06. The molecule has 2 nitrogen and oxygen atoms in total. The third kappa shape index (κ3) is 4.50. The summed E-state index contributed by atoms with van der Waals surface area (Å²) in [6.45, 7) is 8.12. The molecule has 2 heteroatoms. The summed E-state index contributed by atoms with van der Waals surface area (Å²) in [5.74, 6) is 3.57. The van der Waals surface area contributed by atoms with Crippen LogP contribution in [0.1, 0.15) is 39.3 Å². The van der Waals surface area contributed by atoms with E-state index in [1.54, 1.807) is 0 Å². The van der Waals surface area contributed by atoms with E-state index in [1.807, 2.05) is 32.9 Å². The predicted molar refractivity (Wildman–Crippen MR) is 72.1 cm³/mol. The third-order valence-corrected chi connectivity index (χ3v) is 2.50. The molecule has 17 heavy (non-hydrogen) atoms. The molecule has 0 saturated carbocycles. The summed E-state index contributed by atoms with van der Waals surface area (Å²) in [5, 5.41) is 3.33. The average Bonchev–Trinajstić information content (AvgIpc) is 2.28. The number of benzene rings is 1. The predicted octanol–water partition coefficient (Wildman–Crippen LogP) is 3.15. The molecular weight excluding hydrogens is 210 g/mol. The topological polar surface area (TPSA) is 21.3 Å². The minimum Gasteiger partial charge on any atom is -0.491 e. The molecule has 0 amide bonds. The first-order valence-corrected chi connectivity index (χ1v) is 6.01. The number of terminal acetylenes is 1. The lowest BCUT2D eigenvalue weighted by Gasteiger charge is -2.17. The van der Waals surface area contributed by atoms with Crippen molar-refractivity contribution in [2.24, 2.45) is 0 Å². The van der Waals surface area contributed by atoms with Crippen molar-refractivity contribution >= 4 is 0 Å². The van der Waals surface area contributed by atoms with Gasteiger partial charge in [0.2, 0.25) is 0 Å². The zero-order chi connectivity index (χ0) is 12.8. The zero-order valence-electron chi connectivity index (χ0n) is 11.0. The molecule has 1 rings (SSSR count). The van der Waals surface area contributed by atoms with Gasteiger partial charge >= 0.3 is 0 Å². The molecule has 0 bridgehead atoms. The molecule has 0 fully saturated rings. The van der Waals surface area contributed by atoms with Crippen LogP contribution in [-0.2, 0) is 0 Å². The lowest BCUT2D eigenvalue weighted by Crippen LogP contribution is -2.27. The van der Waals surface area contributed by atoms with Gasteiger partial charge in [0.05, 0.1) is 12.1 Å². The number of hydrogen-bond donors (Lipinski definition) is 1. The smallest absolute Gasteiger partial charge is 0.119 e. The Morgan fingerprint density at radius 3 is 2.18 bits per heavy atom. The molecule has 92 valence electrons. The monoisotopic (exact) mass is 231 g/mol. The van der Waals surface area contributed by atoms with Crippen LogP contribution in [-0.4, -0.2) is 12.1 Å². The van der Waals surface area contributed by atoms with Crippen molar-refractivity contribution in [1.29, 1.82) is 0 Å². The van der Waals surface area contributed by atoms with Gasteiger partial charge in [0, 0.05) is 6.04 Å². The molecular formula is C15H21NO. The van der Waals surface area contributed by atoms with Gasteiger partial charge in [-0.1, -0.05) is 18.1 Å². The number of hydrogen-bond acceptors (Lipinski definition) is 2. The van der Waals surface area contributed by atoms with Crippen molar-refractivity contribution in [3.63, 3.8) is 0 Å². The lowest BCUT2D eigenvalue weighted by atomic mass is 10.1. The summed E-state index contributed by atoms with van der Waals surface area (Å²) < 4.78 is 5.60. The quantitative estimate of drug-likeness (QED) is 0.786. The van der Waals surface area contributed by atoms with Crippen LogP contribution in [0.15, 0.2) is 24.3 Å². The van der Waals surface area contributed by atoms with Gasteiger partial charge in [-0.25, -0.2) is 0 Å². The molecule has 1 N–H and O–H groups in total. The molecule has 0 aromatic heterocycles. The van der Waals surface area contributed by atoms with E-state index in [-0.39, 0.29) is 18.2 Å². The van der Waals surface area contributed by atoms with Crippen molar-refractivity contribution < 1.29 is 4.74 Å². The maximum atomic E-state index is 5.60. The lowest BCUT2D eigenvalue weighted by molar-refractivity contribution is 0.242. The Hall–Kier alpha value is -1.46. The number of nitrogens with one attached hydrogen (secondary N) is 1. The molecule has 0 aliphatic carbocycles. The molecule has 0 saturated heterocycles. The molecule has 0 aliphatic rings. The molecule has 1 aromatic carbocycles. The van der Waals surface area contributed by atoms with Crippen molar-refractivity contribution in [1.82, 2.24) is 5.32 Å². The first kappa shape index (κ1) is 13.6. The summed E-state index contributed by atoms with van der Waals surface area (Å²) in [6, 6.07) is 8.45. The second-order valence-electron chi connectivity index (χ2n) is 4.51. The van der Waals surface area contributed by atoms with Gasteiger partial charge < -0.3 is 4.74 Å². The molecule has 2 atom stereocenters. The highest BCUT2D eigenvalue weighted by Gasteiger charge is 2.07. The third-order valence-electron chi connectivity index (χ3n) is 2.50. The highest BCUT2D eigenvalue weighted by molar-refractivity contribution is 5.29. The van der Waals surface area contributed by atoms with Crippen molar-refractivity contribution in [3.05, 3.63) is 29.8 Å². The van der Waals surface area contributed by atoms with Crippen LogP contribution in [0.5, 0.6) is 5.75 Å². The fourth-order valence-electron chi connectivity index (χ4n) is 1.63. The normalized spacial score (nSPS) is 14.1. The van der Waals surface area contributed by atoms with Crippen molar-refractivity contribution in [3.8, 4) is 18.1 Å². The molecule has 0 heterocycles. The Morgan fingerprint density at radius 1 is 1.12 bits per heavy atom. The van der Waals surface area contributed by atoms with Crippen LogP contribution in [0.3, 0.4) is 0 Å². The molecule has 0 spiro atoms. The van der Waals surface area contributed by atoms with Crippen LogP contribution < -0.4 is 10.1 Å². The molecule has 2 unspecified atom stereocenters. The summed E-state index contributed by atoms with van der Waals surface area (Å²) in [6.07, 6.45) is 5.55. The van der Waals surface area contributed by atoms with Gasteiger partial charge in [-0.05, 0) is 45.4 Å². The maximum Gasteiger partial charge on any atom is 0.119 e. The SMILES string of the molecule is C#CC(C)NC(C)c1ccc(OC(C)C)cc1. The molecule has 0 radical (unpaired) electrons. The van der Waals surface area contributed by atoms with Gasteiger partial charge in [0.15, 0.2) is 0 Å². The van der Waals surface area contributed by atoms with E-state index in [2.05, 4.69) is 30.3 Å². The zero-order valence-corrected chi connectivity index (χ0v) is 11.0. The van der Waals surface area contributed by atoms with Crippen LogP contribution in [0, 0.1) is 12.3 Å². The largest absolute Gasteiger partial charge is 0.491 e. The summed E-state index contributed by atoms with van der Waals surface area (Å²) in [7, 11) is 0. The summed E-state index contributed by atoms with van der Waals surface area (Å²) in [5.41, 5.74) is 1.21. The summed E-state index contributed by atoms with van der Waals surface area (Å²) in [4.78, 5) is 0. The Labute approximate surface area is 104 Å². The average molecular weight is 231 g/mol. The summed E-state index contributed by atoms with van der Waals surface area (Å²) >= 11 is 0. The van der Waals surface area contributed by atoms with E-state index in [1.165, 1.54) is 5.56 Å². The van der Waals surface area contributed by atoms with Gasteiger partial charge in [0.1, 0.15) is 5.75 Å². The Bertz CT molecular complexity index is 375. The van der Waals surface area contributed by atoms with Gasteiger partial charge in [-0.2, -0.15) is 0 Å². The first-order chi connectivity index (χ1) is 8.02. The minimum absolute atomic E-state index is 0.0802. The van der Waals surface area contributed by atoms with Gasteiger partial charge in [-0.15, -0.1) is 6.42 Å². The van der Waals surface area contributed by atoms with Crippen LogP contribution >= 0.6 is 0 Å². The van der Waals surface area contributed by atoms with Crippen LogP contribution in [0.4, 0.5) is 0 Å². The van der Waals surface area contributed by atoms with E-state index < -0.39 is 0 Å². The Morgan fingerprint density at radius 2 is 1.71 bits per heavy atom. The van der Waals surface area contributed by atoms with Crippen LogP contribution in [0.2, 0.25) is 0 Å². The first-order valence-electron chi connectivity index (χ1n) is 6.01. The van der Waals surface area contributed by atoms with E-state index in [9.17, 15) is 0 Å². The van der Waals surface area contributed by atoms with E-state index in [0.717, 1.165) is 5.75 Å². The maximum absolute atomic E-state index is 5.60. The van der Waals surface area contributed by atoms with Crippen molar-refractivity contribution in [2.45, 2.75) is 45.9 Å². The minimum atomic E-state index is 0.0802. The fraction of sp³-hybridized carbons (Fsp3) is 0.467. The number of rotatable bonds is 5. The number of ether oxygens (including phenoxy) is 1. The standard InChI is InChI=1S/C15H21NO/c1-6-12(4)16-13(5)14-7-9-15(10-8-14)17-11(2)3/h1,7-13,16H,2-5H3. The second-order valence-corrected chi connectivity index (χ2v) is 4.51. The van der Waals surface area contributed by atoms with E-state index in [4.69, 9.17) is 11.2 Å². The van der Waals surface area contributed by atoms with Crippen molar-refractivity contribution in [2.75, 3.05) is 0 Å². The Balaban J connectivity index is 2.64.